The van der Waals surface area contributed by atoms with Crippen LogP contribution in [-0.2, 0) is 17.4 Å². The zero-order valence-corrected chi connectivity index (χ0v) is 15.3. The van der Waals surface area contributed by atoms with Crippen LogP contribution in [0, 0.1) is 0 Å². The molecule has 0 saturated carbocycles. The van der Waals surface area contributed by atoms with Crippen LogP contribution in [0.15, 0.2) is 49.6 Å². The molecule has 2 nitrogen and oxygen atoms in total. The summed E-state index contributed by atoms with van der Waals surface area (Å²) in [6.07, 6.45) is 5.27. The van der Waals surface area contributed by atoms with Gasteiger partial charge in [0.05, 0.1) is 4.75 Å². The van der Waals surface area contributed by atoms with E-state index < -0.39 is 11.0 Å². The summed E-state index contributed by atoms with van der Waals surface area (Å²) in [7, 11) is -1.10. The molecule has 1 aromatic rings. The molecule has 0 radical (unpaired) electrons. The fourth-order valence-corrected chi connectivity index (χ4v) is 3.72. The van der Waals surface area contributed by atoms with E-state index in [1.54, 1.807) is 0 Å². The smallest absolute Gasteiger partial charge is 0.100 e. The molecule has 2 atom stereocenters. The van der Waals surface area contributed by atoms with E-state index in [-0.39, 0.29) is 10.8 Å². The maximum atomic E-state index is 12.8. The lowest BCUT2D eigenvalue weighted by Gasteiger charge is -2.34. The van der Waals surface area contributed by atoms with Crippen LogP contribution in [0.3, 0.4) is 0 Å². The number of rotatable bonds is 8. The van der Waals surface area contributed by atoms with Crippen molar-refractivity contribution < 1.29 is 4.21 Å². The SMILES string of the molecule is C=CCC(Cc1ccc(Cl)cc1)N(CC=C)[S@](=O)C(C)(C)C. The summed E-state index contributed by atoms with van der Waals surface area (Å²) in [5, 5.41) is 0.727. The molecular formula is C18H26ClNOS. The molecule has 0 aliphatic carbocycles. The molecule has 0 aliphatic heterocycles. The highest BCUT2D eigenvalue weighted by Crippen LogP contribution is 2.22. The van der Waals surface area contributed by atoms with Gasteiger partial charge in [0, 0.05) is 17.6 Å². The average molecular weight is 340 g/mol. The van der Waals surface area contributed by atoms with E-state index in [9.17, 15) is 4.21 Å². The van der Waals surface area contributed by atoms with Crippen LogP contribution in [0.4, 0.5) is 0 Å². The van der Waals surface area contributed by atoms with E-state index in [1.807, 2.05) is 61.5 Å². The van der Waals surface area contributed by atoms with Crippen molar-refractivity contribution in [2.75, 3.05) is 6.54 Å². The molecule has 1 unspecified atom stereocenters. The van der Waals surface area contributed by atoms with Gasteiger partial charge >= 0.3 is 0 Å². The Labute approximate surface area is 142 Å². The third kappa shape index (κ3) is 5.71. The minimum Gasteiger partial charge on any atom is -0.242 e. The van der Waals surface area contributed by atoms with Crippen molar-refractivity contribution in [1.82, 2.24) is 4.31 Å². The lowest BCUT2D eigenvalue weighted by Crippen LogP contribution is -2.44. The van der Waals surface area contributed by atoms with Gasteiger partial charge in [0.25, 0.3) is 0 Å². The predicted molar refractivity (Wildman–Crippen MR) is 98.6 cm³/mol. The Morgan fingerprint density at radius 2 is 1.82 bits per heavy atom. The van der Waals surface area contributed by atoms with E-state index in [0.717, 1.165) is 17.9 Å². The monoisotopic (exact) mass is 339 g/mol. The molecule has 0 heterocycles. The van der Waals surface area contributed by atoms with Crippen LogP contribution < -0.4 is 0 Å². The van der Waals surface area contributed by atoms with Crippen molar-refractivity contribution in [3.8, 4) is 0 Å². The summed E-state index contributed by atoms with van der Waals surface area (Å²) in [5.74, 6) is 0. The van der Waals surface area contributed by atoms with Gasteiger partial charge in [-0.15, -0.1) is 13.2 Å². The Kier molecular flexibility index (Phi) is 7.54. The van der Waals surface area contributed by atoms with Gasteiger partial charge in [-0.3, -0.25) is 0 Å². The van der Waals surface area contributed by atoms with Crippen molar-refractivity contribution in [2.45, 2.75) is 44.4 Å². The highest BCUT2D eigenvalue weighted by atomic mass is 35.5. The lowest BCUT2D eigenvalue weighted by atomic mass is 10.0. The van der Waals surface area contributed by atoms with E-state index in [1.165, 1.54) is 5.56 Å². The quantitative estimate of drug-likeness (QED) is 0.624. The molecular weight excluding hydrogens is 314 g/mol. The molecule has 22 heavy (non-hydrogen) atoms. The van der Waals surface area contributed by atoms with Crippen LogP contribution in [-0.4, -0.2) is 25.8 Å². The number of hydrogen-bond acceptors (Lipinski definition) is 1. The summed E-state index contributed by atoms with van der Waals surface area (Å²) in [6, 6.07) is 7.94. The molecule has 0 fully saturated rings. The molecule has 0 amide bonds. The average Bonchev–Trinajstić information content (AvgIpc) is 2.45. The number of nitrogens with zero attached hydrogens (tertiary/aromatic N) is 1. The molecule has 0 aliphatic rings. The van der Waals surface area contributed by atoms with Gasteiger partial charge < -0.3 is 0 Å². The molecule has 1 rings (SSSR count). The maximum Gasteiger partial charge on any atom is 0.100 e. The van der Waals surface area contributed by atoms with Crippen molar-refractivity contribution in [1.29, 1.82) is 0 Å². The number of halogens is 1. The predicted octanol–water partition coefficient (Wildman–Crippen LogP) is 4.78. The topological polar surface area (TPSA) is 20.3 Å². The summed E-state index contributed by atoms with van der Waals surface area (Å²) in [6.45, 7) is 14.2. The second kappa shape index (κ2) is 8.66. The fraction of sp³-hybridized carbons (Fsp3) is 0.444. The molecule has 1 aromatic carbocycles. The van der Waals surface area contributed by atoms with E-state index >= 15 is 0 Å². The first-order valence-electron chi connectivity index (χ1n) is 7.44. The Balaban J connectivity index is 3.02. The maximum absolute atomic E-state index is 12.8. The highest BCUT2D eigenvalue weighted by Gasteiger charge is 2.30. The minimum absolute atomic E-state index is 0.122. The molecule has 4 heteroatoms. The van der Waals surface area contributed by atoms with Crippen molar-refractivity contribution in [3.05, 3.63) is 60.2 Å². The van der Waals surface area contributed by atoms with Crippen LogP contribution in [0.2, 0.25) is 5.02 Å². The lowest BCUT2D eigenvalue weighted by molar-refractivity contribution is 0.354. The largest absolute Gasteiger partial charge is 0.242 e. The summed E-state index contributed by atoms with van der Waals surface area (Å²) in [5.41, 5.74) is 1.18. The third-order valence-corrected chi connectivity index (χ3v) is 5.45. The zero-order valence-electron chi connectivity index (χ0n) is 13.7. The first-order chi connectivity index (χ1) is 10.3. The minimum atomic E-state index is -1.10. The standard InChI is InChI=1S/C18H26ClNOS/c1-6-8-17(14-15-9-11-16(19)12-10-15)20(13-7-2)22(21)18(3,4)5/h6-7,9-12,17H,1-2,8,13-14H2,3-5H3/t17?,22-/m1/s1. The Hall–Kier alpha value is -0.900. The summed E-state index contributed by atoms with van der Waals surface area (Å²) < 4.78 is 14.6. The second-order valence-corrected chi connectivity index (χ2v) is 8.89. The van der Waals surface area contributed by atoms with Gasteiger partial charge in [0.2, 0.25) is 0 Å². The van der Waals surface area contributed by atoms with Gasteiger partial charge in [-0.1, -0.05) is 35.9 Å². The van der Waals surface area contributed by atoms with Crippen LogP contribution in [0.1, 0.15) is 32.8 Å². The van der Waals surface area contributed by atoms with Crippen molar-refractivity contribution in [3.63, 3.8) is 0 Å². The molecule has 0 saturated heterocycles. The van der Waals surface area contributed by atoms with Gasteiger partial charge in [-0.25, -0.2) is 8.51 Å². The van der Waals surface area contributed by atoms with E-state index in [4.69, 9.17) is 11.6 Å². The zero-order chi connectivity index (χ0) is 16.8. The van der Waals surface area contributed by atoms with Crippen LogP contribution in [0.5, 0.6) is 0 Å². The summed E-state index contributed by atoms with van der Waals surface area (Å²) >= 11 is 5.94. The normalized spacial score (nSPS) is 14.6. The molecule has 122 valence electrons. The first-order valence-corrected chi connectivity index (χ1v) is 8.93. The molecule has 0 bridgehead atoms. The number of hydrogen-bond donors (Lipinski definition) is 0. The van der Waals surface area contributed by atoms with Crippen molar-refractivity contribution in [2.24, 2.45) is 0 Å². The van der Waals surface area contributed by atoms with Crippen LogP contribution in [0.25, 0.3) is 0 Å². The van der Waals surface area contributed by atoms with Crippen molar-refractivity contribution >= 4 is 22.6 Å². The van der Waals surface area contributed by atoms with Gasteiger partial charge in [-0.05, 0) is 51.3 Å². The second-order valence-electron chi connectivity index (χ2n) is 6.26. The van der Waals surface area contributed by atoms with Gasteiger partial charge in [0.15, 0.2) is 0 Å². The molecule has 0 aromatic heterocycles. The molecule has 0 N–H and O–H groups in total. The highest BCUT2D eigenvalue weighted by molar-refractivity contribution is 7.84. The Bertz CT molecular complexity index is 519. The fourth-order valence-electron chi connectivity index (χ4n) is 2.22. The Morgan fingerprint density at radius 1 is 1.23 bits per heavy atom. The third-order valence-electron chi connectivity index (χ3n) is 3.28. The molecule has 0 spiro atoms. The summed E-state index contributed by atoms with van der Waals surface area (Å²) in [4.78, 5) is 0. The van der Waals surface area contributed by atoms with E-state index in [0.29, 0.717) is 6.54 Å². The van der Waals surface area contributed by atoms with Gasteiger partial charge in [0.1, 0.15) is 11.0 Å². The van der Waals surface area contributed by atoms with Crippen LogP contribution >= 0.6 is 11.6 Å². The van der Waals surface area contributed by atoms with Gasteiger partial charge in [-0.2, -0.15) is 0 Å². The first kappa shape index (κ1) is 19.1. The number of benzene rings is 1. The Morgan fingerprint density at radius 3 is 2.27 bits per heavy atom. The van der Waals surface area contributed by atoms with E-state index in [2.05, 4.69) is 13.2 Å².